The van der Waals surface area contributed by atoms with Crippen molar-refractivity contribution < 1.29 is 23.9 Å². The van der Waals surface area contributed by atoms with Gasteiger partial charge >= 0.3 is 11.9 Å². The highest BCUT2D eigenvalue weighted by Crippen LogP contribution is 2.39. The zero-order chi connectivity index (χ0) is 21.7. The summed E-state index contributed by atoms with van der Waals surface area (Å²) in [6, 6.07) is 0. The first-order valence-corrected chi connectivity index (χ1v) is 10.5. The van der Waals surface area contributed by atoms with Gasteiger partial charge in [0, 0.05) is 25.3 Å². The van der Waals surface area contributed by atoms with Gasteiger partial charge in [0.1, 0.15) is 0 Å². The van der Waals surface area contributed by atoms with Crippen molar-refractivity contribution in [1.82, 2.24) is 0 Å². The molecule has 0 heterocycles. The van der Waals surface area contributed by atoms with E-state index in [0.717, 1.165) is 25.7 Å². The van der Waals surface area contributed by atoms with Crippen LogP contribution in [0.1, 0.15) is 65.2 Å². The van der Waals surface area contributed by atoms with Crippen molar-refractivity contribution in [3.05, 3.63) is 47.1 Å². The lowest BCUT2D eigenvalue weighted by Gasteiger charge is -2.27. The van der Waals surface area contributed by atoms with Crippen molar-refractivity contribution in [3.8, 4) is 0 Å². The van der Waals surface area contributed by atoms with Gasteiger partial charge in [-0.15, -0.1) is 0 Å². The van der Waals surface area contributed by atoms with E-state index in [4.69, 9.17) is 16.3 Å². The van der Waals surface area contributed by atoms with Gasteiger partial charge in [0.05, 0.1) is 12.1 Å². The number of allylic oxidation sites excluding steroid dienone is 5. The number of ether oxygens (including phenoxy) is 2. The van der Waals surface area contributed by atoms with E-state index in [2.05, 4.69) is 11.7 Å². The fraction of sp³-hybridized carbons (Fsp3) is 0.522. The van der Waals surface area contributed by atoms with Gasteiger partial charge in [-0.3, -0.25) is 14.4 Å². The summed E-state index contributed by atoms with van der Waals surface area (Å²) in [7, 11) is 1.36. The van der Waals surface area contributed by atoms with E-state index < -0.39 is 11.6 Å². The maximum atomic E-state index is 12.5. The minimum Gasteiger partial charge on any atom is -0.469 e. The average molecular weight is 423 g/mol. The van der Waals surface area contributed by atoms with Crippen LogP contribution in [-0.4, -0.2) is 30.4 Å². The van der Waals surface area contributed by atoms with Crippen molar-refractivity contribution >= 4 is 29.3 Å². The molecule has 1 aliphatic carbocycles. The molecule has 0 saturated carbocycles. The largest absolute Gasteiger partial charge is 0.469 e. The molecule has 0 radical (unpaired) electrons. The molecule has 1 unspecified atom stereocenters. The number of unbranched alkanes of at least 4 members (excludes halogenated alkanes) is 4. The molecule has 1 atom stereocenters. The van der Waals surface area contributed by atoms with Crippen LogP contribution < -0.4 is 0 Å². The summed E-state index contributed by atoms with van der Waals surface area (Å²) in [6.45, 7) is 3.47. The Morgan fingerprint density at radius 2 is 1.86 bits per heavy atom. The predicted octanol–water partition coefficient (Wildman–Crippen LogP) is 5.35. The predicted molar refractivity (Wildman–Crippen MR) is 114 cm³/mol. The van der Waals surface area contributed by atoms with Crippen LogP contribution >= 0.6 is 11.6 Å². The van der Waals surface area contributed by atoms with Gasteiger partial charge in [0.2, 0.25) is 5.78 Å². The third-order valence-electron chi connectivity index (χ3n) is 4.54. The minimum absolute atomic E-state index is 0.0518. The lowest BCUT2D eigenvalue weighted by molar-refractivity contribution is -0.149. The Kier molecular flexibility index (Phi) is 11.3. The molecule has 0 aromatic rings. The molecule has 0 amide bonds. The molecule has 0 N–H and O–H groups in total. The van der Waals surface area contributed by atoms with Gasteiger partial charge < -0.3 is 9.47 Å². The standard InChI is InChI=1S/C23H31ClO5/c1-4-5-6-7-10-13-16-23(29-18(2)25)17-20(24)22(27)19(23)14-11-8-9-12-15-21(26)28-3/h8,10-11,13-14,17H,4-7,9,12,15-16H2,1-3H3/b11-8-,13-10-,19-14-. The first-order chi connectivity index (χ1) is 13.9. The lowest BCUT2D eigenvalue weighted by Crippen LogP contribution is -2.33. The maximum absolute atomic E-state index is 12.5. The Balaban J connectivity index is 2.90. The van der Waals surface area contributed by atoms with E-state index in [1.807, 2.05) is 18.2 Å². The summed E-state index contributed by atoms with van der Waals surface area (Å²) >= 11 is 6.10. The van der Waals surface area contributed by atoms with Crippen molar-refractivity contribution in [2.24, 2.45) is 0 Å². The van der Waals surface area contributed by atoms with Gasteiger partial charge in [-0.1, -0.05) is 61.7 Å². The van der Waals surface area contributed by atoms with Crippen molar-refractivity contribution in [2.75, 3.05) is 7.11 Å². The average Bonchev–Trinajstić information content (AvgIpc) is 2.90. The van der Waals surface area contributed by atoms with E-state index >= 15 is 0 Å². The topological polar surface area (TPSA) is 69.7 Å². The van der Waals surface area contributed by atoms with Crippen molar-refractivity contribution in [1.29, 1.82) is 0 Å². The summed E-state index contributed by atoms with van der Waals surface area (Å²) < 4.78 is 10.2. The van der Waals surface area contributed by atoms with Crippen LogP contribution in [-0.2, 0) is 23.9 Å². The van der Waals surface area contributed by atoms with Crippen LogP contribution in [0.3, 0.4) is 0 Å². The number of carbonyl (C=O) groups excluding carboxylic acids is 3. The van der Waals surface area contributed by atoms with E-state index in [9.17, 15) is 14.4 Å². The van der Waals surface area contributed by atoms with Gasteiger partial charge in [0.25, 0.3) is 0 Å². The Hall–Kier alpha value is -2.14. The van der Waals surface area contributed by atoms with Crippen LogP contribution in [0.4, 0.5) is 0 Å². The summed E-state index contributed by atoms with van der Waals surface area (Å²) in [5.41, 5.74) is -0.849. The zero-order valence-electron chi connectivity index (χ0n) is 17.5. The molecule has 0 spiro atoms. The number of carbonyl (C=O) groups is 3. The molecule has 1 rings (SSSR count). The number of hydrogen-bond acceptors (Lipinski definition) is 5. The molecule has 29 heavy (non-hydrogen) atoms. The first kappa shape index (κ1) is 24.9. The number of hydrogen-bond donors (Lipinski definition) is 0. The van der Waals surface area contributed by atoms with Crippen LogP contribution in [0, 0.1) is 0 Å². The number of methoxy groups -OCH3 is 1. The third-order valence-corrected chi connectivity index (χ3v) is 4.82. The normalized spacial score (nSPS) is 20.6. The summed E-state index contributed by atoms with van der Waals surface area (Å²) in [4.78, 5) is 35.4. The molecule has 0 saturated heterocycles. The second kappa shape index (κ2) is 13.2. The zero-order valence-corrected chi connectivity index (χ0v) is 18.3. The molecule has 0 fully saturated rings. The number of Topliss-reactive ketones (excluding diaryl/α,β-unsaturated/α-hetero) is 1. The molecule has 0 bridgehead atoms. The fourth-order valence-electron chi connectivity index (χ4n) is 3.05. The molecule has 160 valence electrons. The highest BCUT2D eigenvalue weighted by atomic mass is 35.5. The Morgan fingerprint density at radius 1 is 1.14 bits per heavy atom. The van der Waals surface area contributed by atoms with E-state index in [-0.39, 0.29) is 16.8 Å². The van der Waals surface area contributed by atoms with E-state index in [1.54, 1.807) is 12.2 Å². The van der Waals surface area contributed by atoms with Gasteiger partial charge in [-0.05, 0) is 31.8 Å². The summed E-state index contributed by atoms with van der Waals surface area (Å²) in [5.74, 6) is -1.07. The fourth-order valence-corrected chi connectivity index (χ4v) is 3.33. The second-order valence-corrected chi connectivity index (χ2v) is 7.36. The monoisotopic (exact) mass is 422 g/mol. The Labute approximate surface area is 178 Å². The number of rotatable bonds is 12. The SMILES string of the molecule is CCCCC/C=C\CC1(OC(C)=O)C=C(Cl)C(=O)/C1=C/C=C\CCCC(=O)OC. The number of halogens is 1. The maximum Gasteiger partial charge on any atom is 0.305 e. The quantitative estimate of drug-likeness (QED) is 0.183. The number of ketones is 1. The highest BCUT2D eigenvalue weighted by Gasteiger charge is 2.44. The Morgan fingerprint density at radius 3 is 2.52 bits per heavy atom. The molecular formula is C23H31ClO5. The number of esters is 2. The van der Waals surface area contributed by atoms with Crippen LogP contribution in [0.25, 0.3) is 0 Å². The van der Waals surface area contributed by atoms with Gasteiger partial charge in [-0.25, -0.2) is 0 Å². The Bertz CT molecular complexity index is 702. The molecule has 5 nitrogen and oxygen atoms in total. The molecule has 0 aromatic heterocycles. The molecule has 1 aliphatic rings. The van der Waals surface area contributed by atoms with Gasteiger partial charge in [0.15, 0.2) is 5.60 Å². The van der Waals surface area contributed by atoms with Crippen molar-refractivity contribution in [2.45, 2.75) is 70.8 Å². The smallest absolute Gasteiger partial charge is 0.305 e. The second-order valence-electron chi connectivity index (χ2n) is 6.95. The highest BCUT2D eigenvalue weighted by molar-refractivity contribution is 6.46. The lowest BCUT2D eigenvalue weighted by atomic mass is 9.91. The molecule has 6 heteroatoms. The van der Waals surface area contributed by atoms with Crippen LogP contribution in [0.15, 0.2) is 47.1 Å². The molecule has 0 aliphatic heterocycles. The van der Waals surface area contributed by atoms with Gasteiger partial charge in [-0.2, -0.15) is 0 Å². The van der Waals surface area contributed by atoms with Crippen LogP contribution in [0.2, 0.25) is 0 Å². The molecular weight excluding hydrogens is 392 g/mol. The molecule has 0 aromatic carbocycles. The minimum atomic E-state index is -1.18. The third kappa shape index (κ3) is 8.40. The van der Waals surface area contributed by atoms with E-state index in [0.29, 0.717) is 31.3 Å². The van der Waals surface area contributed by atoms with E-state index in [1.165, 1.54) is 20.1 Å². The first-order valence-electron chi connectivity index (χ1n) is 10.1. The van der Waals surface area contributed by atoms with Crippen LogP contribution in [0.5, 0.6) is 0 Å². The van der Waals surface area contributed by atoms with Crippen molar-refractivity contribution in [3.63, 3.8) is 0 Å². The summed E-state index contributed by atoms with van der Waals surface area (Å²) in [5, 5.41) is 0.0518. The summed E-state index contributed by atoms with van der Waals surface area (Å²) in [6.07, 6.45) is 17.1.